The van der Waals surface area contributed by atoms with Crippen LogP contribution in [0.5, 0.6) is 0 Å². The van der Waals surface area contributed by atoms with Gasteiger partial charge in [0.15, 0.2) is 0 Å². The van der Waals surface area contributed by atoms with Gasteiger partial charge in [-0.15, -0.1) is 11.8 Å². The van der Waals surface area contributed by atoms with Crippen LogP contribution in [0.4, 0.5) is 0 Å². The van der Waals surface area contributed by atoms with E-state index in [2.05, 4.69) is 55.2 Å². The molecule has 1 heterocycles. The molecule has 1 aromatic carbocycles. The summed E-state index contributed by atoms with van der Waals surface area (Å²) >= 11 is 1.89. The summed E-state index contributed by atoms with van der Waals surface area (Å²) in [5.41, 5.74) is 1.24. The highest BCUT2D eigenvalue weighted by Crippen LogP contribution is 2.23. The van der Waals surface area contributed by atoms with Gasteiger partial charge in [0, 0.05) is 29.1 Å². The fraction of sp³-hybridized carbons (Fsp3) is 0.267. The van der Waals surface area contributed by atoms with Crippen molar-refractivity contribution in [2.75, 3.05) is 0 Å². The van der Waals surface area contributed by atoms with Crippen molar-refractivity contribution in [1.82, 2.24) is 9.55 Å². The Labute approximate surface area is 113 Å². The standard InChI is InChI=1S/C15H18N2S/c1-13(2)18-15-7-5-14(6-8-15)4-3-10-17-11-9-16-12-17/h3-9,11-13H,10H2,1-2H3. The molecule has 0 saturated carbocycles. The van der Waals surface area contributed by atoms with E-state index >= 15 is 0 Å². The minimum atomic E-state index is 0.632. The van der Waals surface area contributed by atoms with Gasteiger partial charge < -0.3 is 4.57 Å². The number of nitrogens with zero attached hydrogens (tertiary/aromatic N) is 2. The van der Waals surface area contributed by atoms with Gasteiger partial charge >= 0.3 is 0 Å². The molecule has 18 heavy (non-hydrogen) atoms. The van der Waals surface area contributed by atoms with Crippen LogP contribution < -0.4 is 0 Å². The summed E-state index contributed by atoms with van der Waals surface area (Å²) in [5.74, 6) is 0. The van der Waals surface area contributed by atoms with Gasteiger partial charge in [-0.3, -0.25) is 0 Å². The first-order valence-electron chi connectivity index (χ1n) is 6.13. The van der Waals surface area contributed by atoms with Crippen LogP contribution in [0.25, 0.3) is 6.08 Å². The number of rotatable bonds is 5. The summed E-state index contributed by atoms with van der Waals surface area (Å²) in [6, 6.07) is 8.69. The van der Waals surface area contributed by atoms with E-state index in [1.807, 2.05) is 28.9 Å². The maximum Gasteiger partial charge on any atom is 0.0948 e. The van der Waals surface area contributed by atoms with E-state index in [-0.39, 0.29) is 0 Å². The Bertz CT molecular complexity index is 484. The number of hydrogen-bond donors (Lipinski definition) is 0. The van der Waals surface area contributed by atoms with E-state index in [4.69, 9.17) is 0 Å². The van der Waals surface area contributed by atoms with Gasteiger partial charge in [0.1, 0.15) is 0 Å². The molecule has 1 aromatic heterocycles. The predicted molar refractivity (Wildman–Crippen MR) is 78.7 cm³/mol. The van der Waals surface area contributed by atoms with Gasteiger partial charge in [-0.05, 0) is 17.7 Å². The molecule has 0 amide bonds. The van der Waals surface area contributed by atoms with Crippen LogP contribution in [0.15, 0.2) is 54.0 Å². The Morgan fingerprint density at radius 3 is 2.67 bits per heavy atom. The van der Waals surface area contributed by atoms with Crippen LogP contribution in [0.3, 0.4) is 0 Å². The number of allylic oxidation sites excluding steroid dienone is 1. The van der Waals surface area contributed by atoms with Crippen LogP contribution >= 0.6 is 11.8 Å². The molecule has 0 N–H and O–H groups in total. The van der Waals surface area contributed by atoms with Crippen LogP contribution in [0.1, 0.15) is 19.4 Å². The van der Waals surface area contributed by atoms with Gasteiger partial charge in [0.25, 0.3) is 0 Å². The monoisotopic (exact) mass is 258 g/mol. The molecule has 0 atom stereocenters. The zero-order valence-electron chi connectivity index (χ0n) is 10.8. The molecule has 0 aliphatic carbocycles. The molecule has 0 saturated heterocycles. The third-order valence-electron chi connectivity index (χ3n) is 2.44. The quantitative estimate of drug-likeness (QED) is 0.751. The lowest BCUT2D eigenvalue weighted by Gasteiger charge is -2.04. The Balaban J connectivity index is 1.91. The molecule has 3 heteroatoms. The van der Waals surface area contributed by atoms with E-state index in [0.717, 1.165) is 6.54 Å². The number of aromatic nitrogens is 2. The summed E-state index contributed by atoms with van der Waals surface area (Å²) in [4.78, 5) is 5.34. The van der Waals surface area contributed by atoms with E-state index in [1.165, 1.54) is 10.5 Å². The van der Waals surface area contributed by atoms with Crippen LogP contribution in [-0.2, 0) is 6.54 Å². The molecule has 0 fully saturated rings. The van der Waals surface area contributed by atoms with Crippen LogP contribution in [-0.4, -0.2) is 14.8 Å². The molecule has 2 nitrogen and oxygen atoms in total. The minimum absolute atomic E-state index is 0.632. The smallest absolute Gasteiger partial charge is 0.0948 e. The summed E-state index contributed by atoms with van der Waals surface area (Å²) in [6.07, 6.45) is 9.88. The molecular weight excluding hydrogens is 240 g/mol. The minimum Gasteiger partial charge on any atom is -0.334 e. The summed E-state index contributed by atoms with van der Waals surface area (Å²) < 4.78 is 2.04. The second-order valence-electron chi connectivity index (χ2n) is 4.40. The second kappa shape index (κ2) is 6.45. The Hall–Kier alpha value is -1.48. The molecule has 0 radical (unpaired) electrons. The lowest BCUT2D eigenvalue weighted by Crippen LogP contribution is -1.89. The van der Waals surface area contributed by atoms with E-state index in [9.17, 15) is 0 Å². The van der Waals surface area contributed by atoms with E-state index in [1.54, 1.807) is 6.20 Å². The van der Waals surface area contributed by atoms with Gasteiger partial charge in [-0.2, -0.15) is 0 Å². The maximum atomic E-state index is 4.01. The predicted octanol–water partition coefficient (Wildman–Crippen LogP) is 4.10. The zero-order valence-corrected chi connectivity index (χ0v) is 11.6. The van der Waals surface area contributed by atoms with Gasteiger partial charge in [-0.25, -0.2) is 4.98 Å². The van der Waals surface area contributed by atoms with Crippen molar-refractivity contribution in [2.24, 2.45) is 0 Å². The lowest BCUT2D eigenvalue weighted by molar-refractivity contribution is 0.823. The Morgan fingerprint density at radius 2 is 2.06 bits per heavy atom. The van der Waals surface area contributed by atoms with Gasteiger partial charge in [0.05, 0.1) is 6.33 Å². The first-order valence-corrected chi connectivity index (χ1v) is 7.01. The average molecular weight is 258 g/mol. The third kappa shape index (κ3) is 4.08. The fourth-order valence-electron chi connectivity index (χ4n) is 1.63. The first-order chi connectivity index (χ1) is 8.74. The maximum absolute atomic E-state index is 4.01. The normalized spacial score (nSPS) is 11.5. The van der Waals surface area contributed by atoms with Crippen molar-refractivity contribution in [2.45, 2.75) is 30.5 Å². The molecule has 0 aliphatic rings. The number of hydrogen-bond acceptors (Lipinski definition) is 2. The molecular formula is C15H18N2S. The molecule has 0 aliphatic heterocycles. The van der Waals surface area contributed by atoms with Crippen molar-refractivity contribution < 1.29 is 0 Å². The highest BCUT2D eigenvalue weighted by Gasteiger charge is 1.97. The van der Waals surface area contributed by atoms with E-state index in [0.29, 0.717) is 5.25 Å². The van der Waals surface area contributed by atoms with Crippen molar-refractivity contribution in [3.8, 4) is 0 Å². The van der Waals surface area contributed by atoms with Gasteiger partial charge in [0.2, 0.25) is 0 Å². The first kappa shape index (κ1) is 13.0. The van der Waals surface area contributed by atoms with Crippen LogP contribution in [0, 0.1) is 0 Å². The SMILES string of the molecule is CC(C)Sc1ccc(C=CCn2ccnc2)cc1. The number of thioether (sulfide) groups is 1. The average Bonchev–Trinajstić information content (AvgIpc) is 2.84. The largest absolute Gasteiger partial charge is 0.334 e. The van der Waals surface area contributed by atoms with Crippen molar-refractivity contribution in [3.05, 3.63) is 54.6 Å². The summed E-state index contributed by atoms with van der Waals surface area (Å²) in [5, 5.41) is 0.632. The topological polar surface area (TPSA) is 17.8 Å². The Morgan fingerprint density at radius 1 is 1.28 bits per heavy atom. The highest BCUT2D eigenvalue weighted by molar-refractivity contribution is 7.99. The molecule has 0 unspecified atom stereocenters. The van der Waals surface area contributed by atoms with Crippen LogP contribution in [0.2, 0.25) is 0 Å². The molecule has 2 rings (SSSR count). The molecule has 2 aromatic rings. The molecule has 0 bridgehead atoms. The van der Waals surface area contributed by atoms with E-state index < -0.39 is 0 Å². The Kier molecular flexibility index (Phi) is 4.65. The summed E-state index contributed by atoms with van der Waals surface area (Å²) in [7, 11) is 0. The van der Waals surface area contributed by atoms with Crippen molar-refractivity contribution in [3.63, 3.8) is 0 Å². The zero-order chi connectivity index (χ0) is 12.8. The third-order valence-corrected chi connectivity index (χ3v) is 3.45. The number of imidazole rings is 1. The highest BCUT2D eigenvalue weighted by atomic mass is 32.2. The van der Waals surface area contributed by atoms with Crippen molar-refractivity contribution >= 4 is 17.8 Å². The fourth-order valence-corrected chi connectivity index (χ4v) is 2.47. The summed E-state index contributed by atoms with van der Waals surface area (Å²) in [6.45, 7) is 5.29. The molecule has 0 spiro atoms. The second-order valence-corrected chi connectivity index (χ2v) is 6.05. The molecule has 94 valence electrons. The lowest BCUT2D eigenvalue weighted by atomic mass is 10.2. The van der Waals surface area contributed by atoms with Gasteiger partial charge in [-0.1, -0.05) is 38.1 Å². The van der Waals surface area contributed by atoms with Crippen molar-refractivity contribution in [1.29, 1.82) is 0 Å². The number of benzene rings is 1.